The molecule has 1 rings (SSSR count). The van der Waals surface area contributed by atoms with E-state index in [1.165, 1.54) is 12.1 Å². The lowest BCUT2D eigenvalue weighted by Crippen LogP contribution is -2.31. The average Bonchev–Trinajstić information content (AvgIpc) is 2.27. The summed E-state index contributed by atoms with van der Waals surface area (Å²) >= 11 is 0. The van der Waals surface area contributed by atoms with Crippen LogP contribution in [0.5, 0.6) is 0 Å². The van der Waals surface area contributed by atoms with Crippen LogP contribution in [0.25, 0.3) is 0 Å². The monoisotopic (exact) mass is 267 g/mol. The Kier molecular flexibility index (Phi) is 5.11. The maximum Gasteiger partial charge on any atom is 0.273 e. The van der Waals surface area contributed by atoms with Crippen molar-refractivity contribution in [3.63, 3.8) is 0 Å². The molecule has 106 valence electrons. The summed E-state index contributed by atoms with van der Waals surface area (Å²) in [6, 6.07) is 4.84. The first-order valence-electron chi connectivity index (χ1n) is 6.30. The van der Waals surface area contributed by atoms with Gasteiger partial charge in [-0.05, 0) is 33.3 Å². The summed E-state index contributed by atoms with van der Waals surface area (Å²) in [6.07, 6.45) is 0.562. The van der Waals surface area contributed by atoms with Crippen molar-refractivity contribution in [2.75, 3.05) is 23.8 Å². The summed E-state index contributed by atoms with van der Waals surface area (Å²) in [5, 5.41) is 26.2. The summed E-state index contributed by atoms with van der Waals surface area (Å²) in [5.41, 5.74) is 1.09. The molecule has 1 aromatic rings. The third-order valence-electron chi connectivity index (χ3n) is 2.73. The number of aliphatic hydroxyl groups is 1. The first kappa shape index (κ1) is 15.2. The van der Waals surface area contributed by atoms with Gasteiger partial charge in [0.05, 0.1) is 4.92 Å². The molecular formula is C13H21N3O3. The highest BCUT2D eigenvalue weighted by Gasteiger charge is 2.18. The second-order valence-corrected chi connectivity index (χ2v) is 5.04. The molecule has 6 heteroatoms. The lowest BCUT2D eigenvalue weighted by molar-refractivity contribution is -0.384. The molecule has 0 aliphatic heterocycles. The number of nitro groups is 1. The molecule has 3 N–H and O–H groups in total. The zero-order valence-electron chi connectivity index (χ0n) is 11.6. The fourth-order valence-electron chi connectivity index (χ4n) is 1.83. The van der Waals surface area contributed by atoms with Crippen LogP contribution in [0.4, 0.5) is 17.1 Å². The van der Waals surface area contributed by atoms with E-state index in [2.05, 4.69) is 10.6 Å². The number of rotatable bonds is 7. The number of benzene rings is 1. The lowest BCUT2D eigenvalue weighted by atomic mass is 10.0. The number of non-ortho nitro benzene ring substituents is 1. The van der Waals surface area contributed by atoms with Crippen LogP contribution < -0.4 is 10.6 Å². The quantitative estimate of drug-likeness (QED) is 0.522. The van der Waals surface area contributed by atoms with E-state index in [1.54, 1.807) is 0 Å². The molecule has 1 aromatic carbocycles. The van der Waals surface area contributed by atoms with E-state index >= 15 is 0 Å². The van der Waals surface area contributed by atoms with E-state index < -0.39 is 4.92 Å². The van der Waals surface area contributed by atoms with E-state index in [0.717, 1.165) is 0 Å². The Bertz CT molecular complexity index is 447. The molecule has 0 aliphatic carbocycles. The molecule has 0 heterocycles. The van der Waals surface area contributed by atoms with Crippen LogP contribution in [0.1, 0.15) is 27.2 Å². The Morgan fingerprint density at radius 3 is 2.47 bits per heavy atom. The highest BCUT2D eigenvalue weighted by Crippen LogP contribution is 2.27. The minimum absolute atomic E-state index is 0.0424. The van der Waals surface area contributed by atoms with Gasteiger partial charge in [-0.25, -0.2) is 0 Å². The van der Waals surface area contributed by atoms with E-state index in [9.17, 15) is 10.1 Å². The molecule has 0 aliphatic rings. The smallest absolute Gasteiger partial charge is 0.273 e. The Hall–Kier alpha value is -1.82. The van der Waals surface area contributed by atoms with Crippen LogP contribution in [-0.2, 0) is 0 Å². The van der Waals surface area contributed by atoms with Crippen LogP contribution in [0, 0.1) is 10.1 Å². The van der Waals surface area contributed by atoms with Crippen LogP contribution in [-0.4, -0.2) is 28.7 Å². The average molecular weight is 267 g/mol. The molecule has 0 atom stereocenters. The zero-order valence-corrected chi connectivity index (χ0v) is 11.6. The number of nitrogens with one attached hydrogen (secondary N) is 2. The van der Waals surface area contributed by atoms with Gasteiger partial charge in [-0.2, -0.15) is 0 Å². The van der Waals surface area contributed by atoms with Crippen LogP contribution in [0.2, 0.25) is 0 Å². The highest BCUT2D eigenvalue weighted by atomic mass is 16.6. The Balaban J connectivity index is 3.02. The van der Waals surface area contributed by atoms with Crippen LogP contribution >= 0.6 is 0 Å². The summed E-state index contributed by atoms with van der Waals surface area (Å²) in [4.78, 5) is 10.5. The molecule has 0 radical (unpaired) electrons. The minimum atomic E-state index is -0.412. The summed E-state index contributed by atoms with van der Waals surface area (Å²) in [5.74, 6) is 0. The van der Waals surface area contributed by atoms with Crippen molar-refractivity contribution >= 4 is 17.1 Å². The molecule has 0 bridgehead atoms. The number of nitro benzene ring substituents is 1. The molecule has 0 saturated carbocycles. The van der Waals surface area contributed by atoms with Crippen molar-refractivity contribution in [2.24, 2.45) is 0 Å². The number of nitrogens with zero attached hydrogens (tertiary/aromatic N) is 1. The van der Waals surface area contributed by atoms with Gasteiger partial charge in [0, 0.05) is 42.2 Å². The summed E-state index contributed by atoms with van der Waals surface area (Å²) in [6.45, 7) is 6.57. The van der Waals surface area contributed by atoms with Gasteiger partial charge in [-0.3, -0.25) is 10.1 Å². The fraction of sp³-hybridized carbons (Fsp3) is 0.538. The van der Waals surface area contributed by atoms with Crippen molar-refractivity contribution in [1.29, 1.82) is 0 Å². The molecule has 0 saturated heterocycles. The lowest BCUT2D eigenvalue weighted by Gasteiger charge is -2.27. The molecule has 19 heavy (non-hydrogen) atoms. The maximum absolute atomic E-state index is 10.9. The SMILES string of the molecule is CCNc1cc(NC(C)(C)CCO)cc([N+](=O)[O-])c1. The molecule has 0 unspecified atom stereocenters. The van der Waals surface area contributed by atoms with Crippen molar-refractivity contribution < 1.29 is 10.0 Å². The van der Waals surface area contributed by atoms with Gasteiger partial charge in [-0.15, -0.1) is 0 Å². The molecule has 0 spiro atoms. The maximum atomic E-state index is 10.9. The number of anilines is 2. The van der Waals surface area contributed by atoms with Gasteiger partial charge in [0.25, 0.3) is 5.69 Å². The van der Waals surface area contributed by atoms with Gasteiger partial charge >= 0.3 is 0 Å². The topological polar surface area (TPSA) is 87.4 Å². The van der Waals surface area contributed by atoms with Gasteiger partial charge in [-0.1, -0.05) is 0 Å². The molecule has 6 nitrogen and oxygen atoms in total. The van der Waals surface area contributed by atoms with E-state index in [4.69, 9.17) is 5.11 Å². The number of aliphatic hydroxyl groups excluding tert-OH is 1. The van der Waals surface area contributed by atoms with Crippen molar-refractivity contribution in [3.05, 3.63) is 28.3 Å². The first-order chi connectivity index (χ1) is 8.88. The summed E-state index contributed by atoms with van der Waals surface area (Å²) in [7, 11) is 0. The van der Waals surface area contributed by atoms with Crippen LogP contribution in [0.15, 0.2) is 18.2 Å². The highest BCUT2D eigenvalue weighted by molar-refractivity contribution is 5.64. The normalized spacial score (nSPS) is 11.2. The molecule has 0 fully saturated rings. The van der Waals surface area contributed by atoms with Crippen LogP contribution in [0.3, 0.4) is 0 Å². The molecular weight excluding hydrogens is 246 g/mol. The zero-order chi connectivity index (χ0) is 14.5. The Morgan fingerprint density at radius 1 is 1.32 bits per heavy atom. The van der Waals surface area contributed by atoms with Crippen molar-refractivity contribution in [3.8, 4) is 0 Å². The number of hydrogen-bond acceptors (Lipinski definition) is 5. The third kappa shape index (κ3) is 4.75. The van der Waals surface area contributed by atoms with E-state index in [-0.39, 0.29) is 17.8 Å². The fourth-order valence-corrected chi connectivity index (χ4v) is 1.83. The van der Waals surface area contributed by atoms with Gasteiger partial charge in [0.2, 0.25) is 0 Å². The Morgan fingerprint density at radius 2 is 1.95 bits per heavy atom. The van der Waals surface area contributed by atoms with Gasteiger partial charge in [0.15, 0.2) is 0 Å². The molecule has 0 amide bonds. The van der Waals surface area contributed by atoms with Crippen molar-refractivity contribution in [2.45, 2.75) is 32.7 Å². The minimum Gasteiger partial charge on any atom is -0.396 e. The van der Waals surface area contributed by atoms with Gasteiger partial charge in [0.1, 0.15) is 0 Å². The predicted octanol–water partition coefficient (Wildman–Crippen LogP) is 2.60. The second-order valence-electron chi connectivity index (χ2n) is 5.04. The van der Waals surface area contributed by atoms with Gasteiger partial charge < -0.3 is 15.7 Å². The number of hydrogen-bond donors (Lipinski definition) is 3. The standard InChI is InChI=1S/C13H21N3O3/c1-4-14-10-7-11(9-12(8-10)16(18)19)15-13(2,3)5-6-17/h7-9,14-15,17H,4-6H2,1-3H3. The Labute approximate surface area is 113 Å². The predicted molar refractivity (Wildman–Crippen MR) is 76.7 cm³/mol. The second kappa shape index (κ2) is 6.38. The van der Waals surface area contributed by atoms with E-state index in [1.807, 2.05) is 26.8 Å². The van der Waals surface area contributed by atoms with E-state index in [0.29, 0.717) is 24.3 Å². The third-order valence-corrected chi connectivity index (χ3v) is 2.73. The van der Waals surface area contributed by atoms with Crippen molar-refractivity contribution in [1.82, 2.24) is 0 Å². The summed E-state index contributed by atoms with van der Waals surface area (Å²) < 4.78 is 0. The first-order valence-corrected chi connectivity index (χ1v) is 6.30. The molecule has 0 aromatic heterocycles. The largest absolute Gasteiger partial charge is 0.396 e.